The topological polar surface area (TPSA) is 55.8 Å². The molecular weight excluding hydrogens is 413 g/mol. The number of rotatable bonds is 4. The Balaban J connectivity index is 1.55. The molecule has 1 aliphatic heterocycles. The Hall–Kier alpha value is -3.17. The smallest absolute Gasteiger partial charge is 0.410 e. The normalized spacial score (nSPS) is 14.5. The zero-order valence-corrected chi connectivity index (χ0v) is 15.5. The maximum Gasteiger partial charge on any atom is 0.410 e. The molecule has 0 bridgehead atoms. The lowest BCUT2D eigenvalue weighted by molar-refractivity contribution is -0.140. The quantitative estimate of drug-likeness (QED) is 0.239. The summed E-state index contributed by atoms with van der Waals surface area (Å²) in [4.78, 5) is 25.6. The molecule has 1 heterocycles. The highest BCUT2D eigenvalue weighted by molar-refractivity contribution is 5.76. The average molecular weight is 429 g/mol. The lowest BCUT2D eigenvalue weighted by Gasteiger charge is -2.30. The van der Waals surface area contributed by atoms with Crippen LogP contribution in [0.2, 0.25) is 0 Å². The van der Waals surface area contributed by atoms with Crippen LogP contribution in [0, 0.1) is 35.0 Å². The summed E-state index contributed by atoms with van der Waals surface area (Å²) in [5, 5.41) is 0. The third-order valence-corrected chi connectivity index (χ3v) is 4.66. The number of piperidine rings is 1. The predicted octanol–water partition coefficient (Wildman–Crippen LogP) is 4.34. The van der Waals surface area contributed by atoms with Crippen LogP contribution in [-0.4, -0.2) is 30.1 Å². The van der Waals surface area contributed by atoms with Crippen LogP contribution >= 0.6 is 0 Å². The van der Waals surface area contributed by atoms with E-state index in [1.54, 1.807) is 24.3 Å². The van der Waals surface area contributed by atoms with E-state index in [2.05, 4.69) is 4.74 Å². The van der Waals surface area contributed by atoms with E-state index >= 15 is 0 Å². The van der Waals surface area contributed by atoms with E-state index in [0.29, 0.717) is 0 Å². The van der Waals surface area contributed by atoms with E-state index in [4.69, 9.17) is 4.74 Å². The minimum absolute atomic E-state index is 0.0713. The zero-order valence-electron chi connectivity index (χ0n) is 15.5. The molecule has 1 saturated heterocycles. The first-order valence-electron chi connectivity index (χ1n) is 8.98. The number of nitrogens with zero attached hydrogens (tertiary/aromatic N) is 1. The van der Waals surface area contributed by atoms with Crippen molar-refractivity contribution < 1.29 is 41.0 Å². The van der Waals surface area contributed by atoms with Gasteiger partial charge in [-0.1, -0.05) is 30.3 Å². The molecule has 0 spiro atoms. The van der Waals surface area contributed by atoms with Crippen molar-refractivity contribution in [2.45, 2.75) is 19.4 Å². The molecule has 0 radical (unpaired) electrons. The summed E-state index contributed by atoms with van der Waals surface area (Å²) in [7, 11) is 0. The van der Waals surface area contributed by atoms with Crippen LogP contribution in [0.1, 0.15) is 18.4 Å². The molecule has 2 aromatic rings. The fourth-order valence-corrected chi connectivity index (χ4v) is 2.97. The van der Waals surface area contributed by atoms with Crippen LogP contribution in [0.25, 0.3) is 0 Å². The number of carbonyl (C=O) groups is 2. The van der Waals surface area contributed by atoms with Gasteiger partial charge in [0.1, 0.15) is 6.61 Å². The van der Waals surface area contributed by atoms with Gasteiger partial charge in [0.25, 0.3) is 0 Å². The van der Waals surface area contributed by atoms with Crippen molar-refractivity contribution in [3.05, 3.63) is 65.0 Å². The number of halogens is 5. The molecule has 160 valence electrons. The van der Waals surface area contributed by atoms with Crippen molar-refractivity contribution in [3.63, 3.8) is 0 Å². The van der Waals surface area contributed by atoms with Crippen LogP contribution in [0.5, 0.6) is 5.75 Å². The largest absolute Gasteiger partial charge is 0.445 e. The minimum atomic E-state index is -2.34. The Morgan fingerprint density at radius 3 is 1.97 bits per heavy atom. The molecule has 3 rings (SSSR count). The molecule has 30 heavy (non-hydrogen) atoms. The monoisotopic (exact) mass is 429 g/mol. The van der Waals surface area contributed by atoms with Crippen LogP contribution in [0.4, 0.5) is 26.7 Å². The highest BCUT2D eigenvalue weighted by Gasteiger charge is 2.33. The molecular formula is C20H16F5NO4. The van der Waals surface area contributed by atoms with Gasteiger partial charge in [-0.25, -0.2) is 18.0 Å². The molecule has 2 aromatic carbocycles. The van der Waals surface area contributed by atoms with Gasteiger partial charge in [0, 0.05) is 13.1 Å². The van der Waals surface area contributed by atoms with E-state index < -0.39 is 52.8 Å². The number of hydrogen-bond donors (Lipinski definition) is 0. The van der Waals surface area contributed by atoms with Gasteiger partial charge in [0.05, 0.1) is 5.92 Å². The summed E-state index contributed by atoms with van der Waals surface area (Å²) in [6.07, 6.45) is -0.436. The van der Waals surface area contributed by atoms with Crippen molar-refractivity contribution >= 4 is 12.1 Å². The number of ether oxygens (including phenoxy) is 2. The minimum Gasteiger partial charge on any atom is -0.445 e. The third kappa shape index (κ3) is 4.52. The Bertz CT molecular complexity index is 917. The lowest BCUT2D eigenvalue weighted by atomic mass is 9.97. The van der Waals surface area contributed by atoms with Gasteiger partial charge in [-0.3, -0.25) is 4.79 Å². The van der Waals surface area contributed by atoms with E-state index in [1.165, 1.54) is 4.90 Å². The highest BCUT2D eigenvalue weighted by atomic mass is 19.2. The molecule has 0 atom stereocenters. The van der Waals surface area contributed by atoms with Gasteiger partial charge in [0.15, 0.2) is 0 Å². The summed E-state index contributed by atoms with van der Waals surface area (Å²) in [5.74, 6) is -14.8. The van der Waals surface area contributed by atoms with E-state index in [0.717, 1.165) is 5.56 Å². The summed E-state index contributed by atoms with van der Waals surface area (Å²) in [6.45, 7) is 0.275. The fraction of sp³-hybridized carbons (Fsp3) is 0.300. The summed E-state index contributed by atoms with van der Waals surface area (Å²) in [6, 6.07) is 8.99. The lowest BCUT2D eigenvalue weighted by Crippen LogP contribution is -2.41. The van der Waals surface area contributed by atoms with E-state index in [-0.39, 0.29) is 32.5 Å². The van der Waals surface area contributed by atoms with Gasteiger partial charge in [-0.05, 0) is 18.4 Å². The number of amides is 1. The molecule has 5 nitrogen and oxygen atoms in total. The average Bonchev–Trinajstić information content (AvgIpc) is 2.78. The maximum absolute atomic E-state index is 13.7. The van der Waals surface area contributed by atoms with Gasteiger partial charge in [0.2, 0.25) is 34.8 Å². The van der Waals surface area contributed by atoms with E-state index in [9.17, 15) is 31.5 Å². The van der Waals surface area contributed by atoms with Crippen LogP contribution < -0.4 is 4.74 Å². The molecule has 1 aliphatic rings. The number of hydrogen-bond acceptors (Lipinski definition) is 4. The Labute approximate surface area is 168 Å². The Morgan fingerprint density at radius 2 is 1.40 bits per heavy atom. The first-order valence-corrected chi connectivity index (χ1v) is 8.98. The molecule has 0 N–H and O–H groups in total. The van der Waals surface area contributed by atoms with Crippen molar-refractivity contribution in [3.8, 4) is 5.75 Å². The summed E-state index contributed by atoms with van der Waals surface area (Å²) in [5.41, 5.74) is 0.798. The first-order chi connectivity index (χ1) is 14.3. The van der Waals surface area contributed by atoms with Crippen molar-refractivity contribution in [2.24, 2.45) is 5.92 Å². The SMILES string of the molecule is O=C(Oc1c(F)c(F)c(F)c(F)c1F)C1CCN(C(=O)OCc2ccccc2)CC1. The van der Waals surface area contributed by atoms with Crippen molar-refractivity contribution in [1.82, 2.24) is 4.90 Å². The second-order valence-corrected chi connectivity index (χ2v) is 6.62. The number of benzene rings is 2. The maximum atomic E-state index is 13.7. The summed E-state index contributed by atoms with van der Waals surface area (Å²) < 4.78 is 76.5. The van der Waals surface area contributed by atoms with Crippen LogP contribution in [0.3, 0.4) is 0 Å². The number of carbonyl (C=O) groups excluding carboxylic acids is 2. The Kier molecular flexibility index (Phi) is 6.53. The summed E-state index contributed by atoms with van der Waals surface area (Å²) >= 11 is 0. The molecule has 0 aliphatic carbocycles. The molecule has 1 fully saturated rings. The van der Waals surface area contributed by atoms with Gasteiger partial charge in [-0.2, -0.15) is 8.78 Å². The molecule has 0 saturated carbocycles. The van der Waals surface area contributed by atoms with Gasteiger partial charge < -0.3 is 14.4 Å². The number of likely N-dealkylation sites (tertiary alicyclic amines) is 1. The molecule has 0 unspecified atom stereocenters. The highest BCUT2D eigenvalue weighted by Crippen LogP contribution is 2.30. The van der Waals surface area contributed by atoms with Gasteiger partial charge >= 0.3 is 12.1 Å². The first kappa shape index (κ1) is 21.5. The predicted molar refractivity (Wildman–Crippen MR) is 92.8 cm³/mol. The van der Waals surface area contributed by atoms with Crippen LogP contribution in [-0.2, 0) is 16.1 Å². The second-order valence-electron chi connectivity index (χ2n) is 6.62. The van der Waals surface area contributed by atoms with Crippen molar-refractivity contribution in [2.75, 3.05) is 13.1 Å². The van der Waals surface area contributed by atoms with Gasteiger partial charge in [-0.15, -0.1) is 0 Å². The second kappa shape index (κ2) is 9.10. The fourth-order valence-electron chi connectivity index (χ4n) is 2.97. The molecule has 10 heteroatoms. The molecule has 0 aromatic heterocycles. The van der Waals surface area contributed by atoms with E-state index in [1.807, 2.05) is 6.07 Å². The zero-order chi connectivity index (χ0) is 21.8. The standard InChI is InChI=1S/C20H16F5NO4/c21-13-14(22)16(24)18(17(25)15(13)23)30-19(27)12-6-8-26(9-7-12)20(28)29-10-11-4-2-1-3-5-11/h1-5,12H,6-10H2. The van der Waals surface area contributed by atoms with Crippen molar-refractivity contribution in [1.29, 1.82) is 0 Å². The van der Waals surface area contributed by atoms with Crippen LogP contribution in [0.15, 0.2) is 30.3 Å². The molecule has 1 amide bonds. The Morgan fingerprint density at radius 1 is 0.867 bits per heavy atom. The third-order valence-electron chi connectivity index (χ3n) is 4.66. The number of esters is 1.